The molecule has 1 amide bonds. The Morgan fingerprint density at radius 1 is 1.05 bits per heavy atom. The number of hydrogen-bond acceptors (Lipinski definition) is 8. The van der Waals surface area contributed by atoms with Crippen molar-refractivity contribution in [3.05, 3.63) is 66.8 Å². The van der Waals surface area contributed by atoms with E-state index in [9.17, 15) is 36.1 Å². The van der Waals surface area contributed by atoms with Gasteiger partial charge in [0.05, 0.1) is 23.4 Å². The molecule has 13 heteroatoms. The monoisotopic (exact) mass is 852 g/mol. The largest absolute Gasteiger partial charge is 0.746 e. The van der Waals surface area contributed by atoms with Crippen LogP contribution >= 0.6 is 0 Å². The van der Waals surface area contributed by atoms with E-state index in [1.165, 1.54) is 0 Å². The van der Waals surface area contributed by atoms with Crippen LogP contribution in [0.4, 0.5) is 8.78 Å². The van der Waals surface area contributed by atoms with Gasteiger partial charge in [0.1, 0.15) is 16.2 Å². The summed E-state index contributed by atoms with van der Waals surface area (Å²) in [7, 11) is -6.13. The van der Waals surface area contributed by atoms with Gasteiger partial charge in [-0.25, -0.2) is 22.0 Å². The predicted octanol–water partition coefficient (Wildman–Crippen LogP) is 3.86. The van der Waals surface area contributed by atoms with Crippen molar-refractivity contribution in [2.75, 3.05) is 0 Å². The summed E-state index contributed by atoms with van der Waals surface area (Å²) in [6.45, 7) is 2.96. The van der Waals surface area contributed by atoms with Gasteiger partial charge in [-0.05, 0) is 53.8 Å². The molecule has 6 unspecified atom stereocenters. The van der Waals surface area contributed by atoms with Gasteiger partial charge in [0, 0.05) is 12.0 Å². The topological polar surface area (TPSA) is 130 Å². The van der Waals surface area contributed by atoms with Crippen LogP contribution in [0.5, 0.6) is 0 Å². The number of halogens is 2. The average molecular weight is 853 g/mol. The summed E-state index contributed by atoms with van der Waals surface area (Å²) in [5.74, 6) is -5.64. The summed E-state index contributed by atoms with van der Waals surface area (Å²) in [5, 5.41) is -2.00. The molecule has 1 aliphatic heterocycles. The maximum atomic E-state index is 13.9. The van der Waals surface area contributed by atoms with Gasteiger partial charge in [0.2, 0.25) is 5.91 Å². The molecular formula is C29H25F2NO8RfS-2. The third-order valence-electron chi connectivity index (χ3n) is 8.60. The van der Waals surface area contributed by atoms with Crippen molar-refractivity contribution >= 4 is 49.5 Å². The van der Waals surface area contributed by atoms with Gasteiger partial charge >= 0.3 is 5.97 Å². The molecule has 42 heavy (non-hydrogen) atoms. The van der Waals surface area contributed by atoms with Gasteiger partial charge in [0.25, 0.3) is 11.2 Å². The fourth-order valence-electron chi connectivity index (χ4n) is 7.11. The molecule has 3 aromatic rings. The normalized spacial score (nSPS) is 26.6. The first-order valence-electron chi connectivity index (χ1n) is 13.1. The second-order valence-electron chi connectivity index (χ2n) is 11.1. The predicted molar refractivity (Wildman–Crippen MR) is 140 cm³/mol. The molecule has 0 N–H and O–H groups in total. The zero-order valence-electron chi connectivity index (χ0n) is 22.6. The van der Waals surface area contributed by atoms with Crippen molar-refractivity contribution in [2.24, 2.45) is 23.7 Å². The van der Waals surface area contributed by atoms with E-state index in [2.05, 4.69) is 4.74 Å². The fraction of sp³-hybridized carbons (Fsp3) is 0.379. The van der Waals surface area contributed by atoms with Crippen LogP contribution in [0.2, 0.25) is 0 Å². The summed E-state index contributed by atoms with van der Waals surface area (Å²) in [4.78, 5) is 42.0. The molecule has 6 rings (SSSR count). The number of carbonyl (C=O) groups is 3. The maximum absolute atomic E-state index is 13.9. The number of nitrogens with zero attached hydrogens (tertiary/aromatic N) is 1. The number of esters is 2. The molecule has 2 saturated carbocycles. The second-order valence-corrected chi connectivity index (χ2v) is 12.5. The number of fused-ring (bicyclic) bond motifs is 3. The Kier molecular flexibility index (Phi) is 6.69. The Balaban J connectivity index is 0.00000353. The first kappa shape index (κ1) is 28.9. The molecule has 0 spiro atoms. The fourth-order valence-corrected chi connectivity index (χ4v) is 7.27. The van der Waals surface area contributed by atoms with E-state index in [0.717, 1.165) is 10.8 Å². The molecule has 218 valence electrons. The summed E-state index contributed by atoms with van der Waals surface area (Å²) in [5.41, 5.74) is 0.325. The Morgan fingerprint density at radius 3 is 2.17 bits per heavy atom. The van der Waals surface area contributed by atoms with Crippen molar-refractivity contribution in [3.63, 3.8) is 0 Å². The quantitative estimate of drug-likeness (QED) is 0.152. The molecule has 0 aromatic heterocycles. The number of hydrogen-bond donors (Lipinski definition) is 0. The first-order chi connectivity index (χ1) is 19.3. The molecular weight excluding hydrogens is 827 g/mol. The number of rotatable bonds is 7. The minimum Gasteiger partial charge on any atom is -0.746 e. The van der Waals surface area contributed by atoms with E-state index in [0.29, 0.717) is 22.8 Å². The van der Waals surface area contributed by atoms with Crippen molar-refractivity contribution in [1.29, 1.82) is 0 Å². The van der Waals surface area contributed by atoms with Crippen LogP contribution in [-0.4, -0.2) is 59.2 Å². The third kappa shape index (κ3) is 4.14. The van der Waals surface area contributed by atoms with Gasteiger partial charge in [-0.1, -0.05) is 55.1 Å². The van der Waals surface area contributed by atoms with E-state index in [4.69, 9.17) is 4.74 Å². The molecule has 0 radical (unpaired) electrons. The van der Waals surface area contributed by atoms with E-state index >= 15 is 0 Å². The maximum Gasteiger partial charge on any atom is 0.339 e. The van der Waals surface area contributed by atoms with Crippen LogP contribution in [0, 0.1) is 30.3 Å². The van der Waals surface area contributed by atoms with Crippen LogP contribution in [0.25, 0.3) is 21.5 Å². The third-order valence-corrected chi connectivity index (χ3v) is 9.37. The van der Waals surface area contributed by atoms with Gasteiger partial charge in [-0.3, -0.25) is 9.59 Å². The first-order valence-corrected chi connectivity index (χ1v) is 14.5. The Hall–Kier alpha value is -4.64. The van der Waals surface area contributed by atoms with E-state index < -0.39 is 75.6 Å². The standard InChI is InChI=1S/C29H26F2NO8S.Rf/c1-14(2)32-24-19-12-20(23(22(19)26(32)33)27(34)39-13-29(30,31)41(36,37)38)25(24)40-28(35)21-17-9-5-3-7-15(17)11-16-8-4-6-10-18(16)21;/h3-11,13-14,19-20,22-25H,12H2,1-2H3,(H,36,37,38);/q-1;/p-1. The minimum absolute atomic E-state index is 0. The smallest absolute Gasteiger partial charge is 0.339 e. The number of alkyl halides is 2. The number of amides is 1. The summed E-state index contributed by atoms with van der Waals surface area (Å²) < 4.78 is 70.7. The number of carbonyl (C=O) groups excluding carboxylic acids is 3. The van der Waals surface area contributed by atoms with Crippen molar-refractivity contribution in [2.45, 2.75) is 43.7 Å². The van der Waals surface area contributed by atoms with Crippen LogP contribution in [0.3, 0.4) is 0 Å². The second kappa shape index (κ2) is 9.73. The van der Waals surface area contributed by atoms with Gasteiger partial charge in [-0.2, -0.15) is 0 Å². The van der Waals surface area contributed by atoms with Gasteiger partial charge < -0.3 is 18.9 Å². The molecule has 3 fully saturated rings. The van der Waals surface area contributed by atoms with E-state index in [1.807, 2.05) is 30.3 Å². The van der Waals surface area contributed by atoms with Crippen LogP contribution in [0.15, 0.2) is 54.6 Å². The molecule has 9 nitrogen and oxygen atoms in total. The molecule has 1 heterocycles. The summed E-state index contributed by atoms with van der Waals surface area (Å²) in [6, 6.07) is 15.8. The Morgan fingerprint density at radius 2 is 1.62 bits per heavy atom. The molecule has 1 saturated heterocycles. The number of likely N-dealkylation sites (tertiary alicyclic amines) is 1. The summed E-state index contributed by atoms with van der Waals surface area (Å²) in [6.07, 6.45) is -0.647. The molecule has 3 aromatic carbocycles. The van der Waals surface area contributed by atoms with Crippen molar-refractivity contribution in [1.82, 2.24) is 4.90 Å². The Bertz CT molecular complexity index is 1660. The van der Waals surface area contributed by atoms with E-state index in [1.54, 1.807) is 43.0 Å². The number of benzene rings is 3. The molecule has 3 aliphatic rings. The van der Waals surface area contributed by atoms with Crippen LogP contribution in [-0.2, 0) is 29.2 Å². The minimum atomic E-state index is -6.13. The summed E-state index contributed by atoms with van der Waals surface area (Å²) >= 11 is 0. The number of ether oxygens (including phenoxy) is 2. The molecule has 6 atom stereocenters. The van der Waals surface area contributed by atoms with Crippen LogP contribution < -0.4 is 0 Å². The Labute approximate surface area is 234 Å². The van der Waals surface area contributed by atoms with Crippen LogP contribution in [0.1, 0.15) is 30.6 Å². The van der Waals surface area contributed by atoms with Crippen molar-refractivity contribution in [3.8, 4) is 0 Å². The zero-order valence-corrected chi connectivity index (χ0v) is 29.8. The van der Waals surface area contributed by atoms with Gasteiger partial charge in [0.15, 0.2) is 0 Å². The molecule has 2 aliphatic carbocycles. The zero-order chi connectivity index (χ0) is 29.4. The SMILES string of the molecule is CC(C)N1C(=O)C2C3CC(C(OC(=O)c4c5ccccc5cc5ccccc45)C31)C2C(=O)O[CH-]C(F)(F)S(=O)(=O)[O-].[Rf]. The van der Waals surface area contributed by atoms with E-state index in [-0.39, 0.29) is 6.04 Å². The molecule has 2 bridgehead atoms. The van der Waals surface area contributed by atoms with Gasteiger partial charge in [-0.15, -0.1) is 0 Å². The van der Waals surface area contributed by atoms with Crippen molar-refractivity contribution < 1.29 is 45.6 Å². The average Bonchev–Trinajstić information content (AvgIpc) is 3.52.